The highest BCUT2D eigenvalue weighted by molar-refractivity contribution is 5.81. The quantitative estimate of drug-likeness (QED) is 0.915. The Labute approximate surface area is 131 Å². The van der Waals surface area contributed by atoms with E-state index >= 15 is 0 Å². The molecule has 1 aliphatic carbocycles. The van der Waals surface area contributed by atoms with E-state index < -0.39 is 0 Å². The smallest absolute Gasteiger partial charge is 0.137 e. The highest BCUT2D eigenvalue weighted by Gasteiger charge is 2.25. The summed E-state index contributed by atoms with van der Waals surface area (Å²) in [5, 5.41) is 11.0. The molecule has 0 spiro atoms. The number of nitrogens with zero attached hydrogens (tertiary/aromatic N) is 2. The molecule has 2 aliphatic rings. The molecule has 4 heteroatoms. The lowest BCUT2D eigenvalue weighted by atomic mass is 9.98. The number of aromatic amines is 1. The van der Waals surface area contributed by atoms with E-state index in [1.807, 2.05) is 12.3 Å². The Morgan fingerprint density at radius 3 is 2.73 bits per heavy atom. The van der Waals surface area contributed by atoms with Crippen LogP contribution in [0.15, 0.2) is 18.3 Å². The van der Waals surface area contributed by atoms with Gasteiger partial charge in [-0.2, -0.15) is 0 Å². The number of aliphatic hydroxyl groups excluding tert-OH is 1. The Kier molecular flexibility index (Phi) is 3.89. The van der Waals surface area contributed by atoms with Crippen LogP contribution in [0.2, 0.25) is 0 Å². The fourth-order valence-electron chi connectivity index (χ4n) is 4.13. The summed E-state index contributed by atoms with van der Waals surface area (Å²) >= 11 is 0. The van der Waals surface area contributed by atoms with E-state index in [0.717, 1.165) is 38.1 Å². The number of rotatable bonds is 3. The largest absolute Gasteiger partial charge is 0.393 e. The van der Waals surface area contributed by atoms with Crippen LogP contribution in [0.25, 0.3) is 11.0 Å². The van der Waals surface area contributed by atoms with E-state index in [4.69, 9.17) is 0 Å². The monoisotopic (exact) mass is 299 g/mol. The SMILES string of the molecule is OC1CCN(Cc2c(C3CCCC3)[nH]c3ncccc23)CC1. The molecule has 0 radical (unpaired) electrons. The van der Waals surface area contributed by atoms with E-state index in [2.05, 4.69) is 20.9 Å². The van der Waals surface area contributed by atoms with E-state index in [1.165, 1.54) is 42.3 Å². The van der Waals surface area contributed by atoms with Crippen LogP contribution in [0.3, 0.4) is 0 Å². The van der Waals surface area contributed by atoms with Crippen molar-refractivity contribution in [2.75, 3.05) is 13.1 Å². The van der Waals surface area contributed by atoms with Gasteiger partial charge in [-0.3, -0.25) is 4.90 Å². The summed E-state index contributed by atoms with van der Waals surface area (Å²) < 4.78 is 0. The summed E-state index contributed by atoms with van der Waals surface area (Å²) in [6.45, 7) is 2.99. The Morgan fingerprint density at radius 2 is 1.95 bits per heavy atom. The molecule has 2 aromatic heterocycles. The van der Waals surface area contributed by atoms with Gasteiger partial charge in [0.05, 0.1) is 6.10 Å². The van der Waals surface area contributed by atoms with Gasteiger partial charge in [0, 0.05) is 36.9 Å². The zero-order valence-electron chi connectivity index (χ0n) is 13.1. The van der Waals surface area contributed by atoms with Crippen LogP contribution < -0.4 is 0 Å². The Balaban J connectivity index is 1.66. The lowest BCUT2D eigenvalue weighted by Gasteiger charge is -2.30. The predicted octanol–water partition coefficient (Wildman–Crippen LogP) is 3.18. The first-order chi connectivity index (χ1) is 10.8. The predicted molar refractivity (Wildman–Crippen MR) is 87.8 cm³/mol. The van der Waals surface area contributed by atoms with Gasteiger partial charge in [0.25, 0.3) is 0 Å². The number of H-pyrrole nitrogens is 1. The fourth-order valence-corrected chi connectivity index (χ4v) is 4.13. The van der Waals surface area contributed by atoms with Gasteiger partial charge in [-0.05, 0) is 49.3 Å². The minimum absolute atomic E-state index is 0.102. The number of aromatic nitrogens is 2. The standard InChI is InChI=1S/C18H25N3O/c22-14-7-10-21(11-8-14)12-16-15-6-3-9-19-18(15)20-17(16)13-4-1-2-5-13/h3,6,9,13-14,22H,1-2,4-5,7-8,10-12H2,(H,19,20). The lowest BCUT2D eigenvalue weighted by Crippen LogP contribution is -2.35. The van der Waals surface area contributed by atoms with Crippen molar-refractivity contribution in [2.24, 2.45) is 0 Å². The van der Waals surface area contributed by atoms with E-state index in [9.17, 15) is 5.11 Å². The number of nitrogens with one attached hydrogen (secondary N) is 1. The summed E-state index contributed by atoms with van der Waals surface area (Å²) in [7, 11) is 0. The second kappa shape index (κ2) is 6.01. The number of likely N-dealkylation sites (tertiary alicyclic amines) is 1. The minimum Gasteiger partial charge on any atom is -0.393 e. The topological polar surface area (TPSA) is 52.1 Å². The third-order valence-corrected chi connectivity index (χ3v) is 5.41. The first-order valence-corrected chi connectivity index (χ1v) is 8.67. The Hall–Kier alpha value is -1.39. The number of fused-ring (bicyclic) bond motifs is 1. The maximum atomic E-state index is 9.71. The summed E-state index contributed by atoms with van der Waals surface area (Å²) in [4.78, 5) is 10.6. The van der Waals surface area contributed by atoms with Crippen molar-refractivity contribution in [1.82, 2.24) is 14.9 Å². The number of pyridine rings is 1. The summed E-state index contributed by atoms with van der Waals surface area (Å²) in [6.07, 6.45) is 8.88. The number of aliphatic hydroxyl groups is 1. The average Bonchev–Trinajstić information content (AvgIpc) is 3.18. The second-order valence-electron chi connectivity index (χ2n) is 6.91. The van der Waals surface area contributed by atoms with Crippen molar-refractivity contribution in [3.63, 3.8) is 0 Å². The Morgan fingerprint density at radius 1 is 1.18 bits per heavy atom. The highest BCUT2D eigenvalue weighted by Crippen LogP contribution is 2.38. The van der Waals surface area contributed by atoms with Crippen molar-refractivity contribution >= 4 is 11.0 Å². The van der Waals surface area contributed by atoms with Gasteiger partial charge in [-0.1, -0.05) is 12.8 Å². The third kappa shape index (κ3) is 2.66. The van der Waals surface area contributed by atoms with Crippen molar-refractivity contribution < 1.29 is 5.11 Å². The molecule has 1 aliphatic heterocycles. The molecule has 2 aromatic rings. The zero-order valence-corrected chi connectivity index (χ0v) is 13.1. The lowest BCUT2D eigenvalue weighted by molar-refractivity contribution is 0.0793. The molecular weight excluding hydrogens is 274 g/mol. The molecule has 0 amide bonds. The van der Waals surface area contributed by atoms with Gasteiger partial charge in [-0.15, -0.1) is 0 Å². The van der Waals surface area contributed by atoms with Crippen LogP contribution in [-0.4, -0.2) is 39.2 Å². The van der Waals surface area contributed by atoms with E-state index in [-0.39, 0.29) is 6.10 Å². The molecule has 0 bridgehead atoms. The van der Waals surface area contributed by atoms with Crippen LogP contribution in [0, 0.1) is 0 Å². The van der Waals surface area contributed by atoms with Crippen LogP contribution >= 0.6 is 0 Å². The van der Waals surface area contributed by atoms with Crippen LogP contribution in [-0.2, 0) is 6.54 Å². The first-order valence-electron chi connectivity index (χ1n) is 8.67. The van der Waals surface area contributed by atoms with Crippen LogP contribution in [0.5, 0.6) is 0 Å². The molecule has 0 unspecified atom stereocenters. The summed E-state index contributed by atoms with van der Waals surface area (Å²) in [5.41, 5.74) is 3.92. The number of hydrogen-bond donors (Lipinski definition) is 2. The van der Waals surface area contributed by atoms with Crippen molar-refractivity contribution in [3.05, 3.63) is 29.6 Å². The zero-order chi connectivity index (χ0) is 14.9. The molecule has 1 saturated carbocycles. The molecule has 0 aromatic carbocycles. The number of piperidine rings is 1. The average molecular weight is 299 g/mol. The molecule has 4 rings (SSSR count). The van der Waals surface area contributed by atoms with Crippen molar-refractivity contribution in [3.8, 4) is 0 Å². The molecule has 2 N–H and O–H groups in total. The minimum atomic E-state index is -0.102. The van der Waals surface area contributed by atoms with Crippen LogP contribution in [0.1, 0.15) is 55.7 Å². The highest BCUT2D eigenvalue weighted by atomic mass is 16.3. The van der Waals surface area contributed by atoms with Crippen molar-refractivity contribution in [2.45, 2.75) is 57.1 Å². The molecular formula is C18H25N3O. The summed E-state index contributed by atoms with van der Waals surface area (Å²) in [5.74, 6) is 0.680. The molecule has 118 valence electrons. The third-order valence-electron chi connectivity index (χ3n) is 5.41. The molecule has 1 saturated heterocycles. The molecule has 4 nitrogen and oxygen atoms in total. The Bertz CT molecular complexity index is 637. The van der Waals surface area contributed by atoms with Gasteiger partial charge in [0.1, 0.15) is 5.65 Å². The van der Waals surface area contributed by atoms with Crippen molar-refractivity contribution in [1.29, 1.82) is 0 Å². The van der Waals surface area contributed by atoms with Gasteiger partial charge < -0.3 is 10.1 Å². The van der Waals surface area contributed by atoms with E-state index in [0.29, 0.717) is 5.92 Å². The van der Waals surface area contributed by atoms with Gasteiger partial charge in [0.15, 0.2) is 0 Å². The number of hydrogen-bond acceptors (Lipinski definition) is 3. The molecule has 22 heavy (non-hydrogen) atoms. The van der Waals surface area contributed by atoms with E-state index in [1.54, 1.807) is 0 Å². The fraction of sp³-hybridized carbons (Fsp3) is 0.611. The molecule has 3 heterocycles. The first kappa shape index (κ1) is 14.2. The maximum Gasteiger partial charge on any atom is 0.137 e. The second-order valence-corrected chi connectivity index (χ2v) is 6.91. The van der Waals surface area contributed by atoms with Crippen LogP contribution in [0.4, 0.5) is 0 Å². The van der Waals surface area contributed by atoms with Gasteiger partial charge >= 0.3 is 0 Å². The maximum absolute atomic E-state index is 9.71. The van der Waals surface area contributed by atoms with Gasteiger partial charge in [0.2, 0.25) is 0 Å². The molecule has 2 fully saturated rings. The molecule has 0 atom stereocenters. The normalized spacial score (nSPS) is 21.9. The van der Waals surface area contributed by atoms with Gasteiger partial charge in [-0.25, -0.2) is 4.98 Å². The summed E-state index contributed by atoms with van der Waals surface area (Å²) in [6, 6.07) is 4.24.